The van der Waals surface area contributed by atoms with Gasteiger partial charge in [-0.25, -0.2) is 0 Å². The van der Waals surface area contributed by atoms with Gasteiger partial charge >= 0.3 is 0 Å². The minimum atomic E-state index is 0.163. The molecule has 0 aliphatic carbocycles. The maximum absolute atomic E-state index is 5.99. The summed E-state index contributed by atoms with van der Waals surface area (Å²) in [6.07, 6.45) is 0.248. The van der Waals surface area contributed by atoms with E-state index in [9.17, 15) is 0 Å². The Morgan fingerprint density at radius 1 is 0.938 bits per heavy atom. The van der Waals surface area contributed by atoms with Gasteiger partial charge in [0.1, 0.15) is 0 Å². The van der Waals surface area contributed by atoms with Gasteiger partial charge in [-0.3, -0.25) is 0 Å². The zero-order valence-electron chi connectivity index (χ0n) is 12.5. The Morgan fingerprint density at radius 2 is 1.44 bits per heavy atom. The molecule has 0 rings (SSSR count). The molecule has 0 radical (unpaired) electrons. The van der Waals surface area contributed by atoms with Crippen molar-refractivity contribution in [3.8, 4) is 0 Å². The standard InChI is InChI=1S/C14H31NO/c1-9-15-11(13(3,4)5)12(16-10-2)14(6,7)8/h11-12,15H,9-10H2,1-8H3. The molecule has 98 valence electrons. The first-order valence-corrected chi connectivity index (χ1v) is 6.49. The molecule has 0 fully saturated rings. The van der Waals surface area contributed by atoms with E-state index in [1.54, 1.807) is 0 Å². The van der Waals surface area contributed by atoms with Crippen molar-refractivity contribution in [2.75, 3.05) is 13.2 Å². The maximum Gasteiger partial charge on any atom is 0.0781 e. The average Bonchev–Trinajstić information content (AvgIpc) is 2.07. The lowest BCUT2D eigenvalue weighted by atomic mass is 9.74. The molecule has 2 unspecified atom stereocenters. The molecular formula is C14H31NO. The Balaban J connectivity index is 4.95. The van der Waals surface area contributed by atoms with Crippen molar-refractivity contribution in [3.63, 3.8) is 0 Å². The Labute approximate surface area is 102 Å². The minimum Gasteiger partial charge on any atom is -0.376 e. The number of hydrogen-bond acceptors (Lipinski definition) is 2. The van der Waals surface area contributed by atoms with Gasteiger partial charge < -0.3 is 10.1 Å². The first kappa shape index (κ1) is 15.9. The fraction of sp³-hybridized carbons (Fsp3) is 1.00. The molecule has 0 aromatic rings. The molecule has 0 amide bonds. The largest absolute Gasteiger partial charge is 0.376 e. The normalized spacial score (nSPS) is 17.2. The molecule has 0 saturated carbocycles. The van der Waals surface area contributed by atoms with Gasteiger partial charge in [-0.2, -0.15) is 0 Å². The van der Waals surface area contributed by atoms with E-state index in [0.29, 0.717) is 6.04 Å². The highest BCUT2D eigenvalue weighted by Gasteiger charge is 2.38. The minimum absolute atomic E-state index is 0.163. The summed E-state index contributed by atoms with van der Waals surface area (Å²) in [4.78, 5) is 0. The SMILES string of the molecule is CCNC(C(OCC)C(C)(C)C)C(C)(C)C. The molecule has 0 aliphatic heterocycles. The van der Waals surface area contributed by atoms with Crippen LogP contribution < -0.4 is 5.32 Å². The number of ether oxygens (including phenoxy) is 1. The number of hydrogen-bond donors (Lipinski definition) is 1. The van der Waals surface area contributed by atoms with E-state index >= 15 is 0 Å². The van der Waals surface area contributed by atoms with Gasteiger partial charge in [0.15, 0.2) is 0 Å². The van der Waals surface area contributed by atoms with Crippen molar-refractivity contribution < 1.29 is 4.74 Å². The Kier molecular flexibility index (Phi) is 5.99. The molecule has 0 bridgehead atoms. The highest BCUT2D eigenvalue weighted by atomic mass is 16.5. The van der Waals surface area contributed by atoms with Crippen LogP contribution in [0.2, 0.25) is 0 Å². The lowest BCUT2D eigenvalue weighted by Crippen LogP contribution is -2.54. The first-order valence-electron chi connectivity index (χ1n) is 6.49. The summed E-state index contributed by atoms with van der Waals surface area (Å²) in [6, 6.07) is 0.387. The van der Waals surface area contributed by atoms with Gasteiger partial charge in [0.05, 0.1) is 6.10 Å². The number of nitrogens with one attached hydrogen (secondary N) is 1. The van der Waals surface area contributed by atoms with Crippen LogP contribution in [0.15, 0.2) is 0 Å². The third kappa shape index (κ3) is 4.84. The molecule has 1 N–H and O–H groups in total. The van der Waals surface area contributed by atoms with Gasteiger partial charge in [0.25, 0.3) is 0 Å². The van der Waals surface area contributed by atoms with Crippen molar-refractivity contribution in [1.82, 2.24) is 5.32 Å². The van der Waals surface area contributed by atoms with Crippen molar-refractivity contribution in [2.24, 2.45) is 10.8 Å². The monoisotopic (exact) mass is 229 g/mol. The molecule has 2 atom stereocenters. The molecule has 0 aliphatic rings. The smallest absolute Gasteiger partial charge is 0.0781 e. The highest BCUT2D eigenvalue weighted by molar-refractivity contribution is 4.93. The molecule has 0 aromatic heterocycles. The number of rotatable bonds is 5. The Hall–Kier alpha value is -0.0800. The lowest BCUT2D eigenvalue weighted by Gasteiger charge is -2.43. The quantitative estimate of drug-likeness (QED) is 0.779. The van der Waals surface area contributed by atoms with Gasteiger partial charge in [0.2, 0.25) is 0 Å². The van der Waals surface area contributed by atoms with Crippen LogP contribution in [0, 0.1) is 10.8 Å². The topological polar surface area (TPSA) is 21.3 Å². The predicted molar refractivity (Wildman–Crippen MR) is 71.8 cm³/mol. The van der Waals surface area contributed by atoms with Crippen LogP contribution in [0.25, 0.3) is 0 Å². The maximum atomic E-state index is 5.99. The molecular weight excluding hydrogens is 198 g/mol. The molecule has 2 nitrogen and oxygen atoms in total. The van der Waals surface area contributed by atoms with Crippen molar-refractivity contribution in [2.45, 2.75) is 67.5 Å². The molecule has 0 heterocycles. The second kappa shape index (κ2) is 6.02. The van der Waals surface area contributed by atoms with Crippen LogP contribution in [0.5, 0.6) is 0 Å². The molecule has 0 saturated heterocycles. The Bertz CT molecular complexity index is 166. The number of likely N-dealkylation sites (N-methyl/N-ethyl adjacent to an activating group) is 1. The van der Waals surface area contributed by atoms with Crippen LogP contribution in [-0.2, 0) is 4.74 Å². The van der Waals surface area contributed by atoms with E-state index < -0.39 is 0 Å². The average molecular weight is 229 g/mol. The zero-order chi connectivity index (χ0) is 13.0. The Morgan fingerprint density at radius 3 is 1.69 bits per heavy atom. The van der Waals surface area contributed by atoms with Crippen LogP contribution >= 0.6 is 0 Å². The summed E-state index contributed by atoms with van der Waals surface area (Å²) >= 11 is 0. The molecule has 0 spiro atoms. The summed E-state index contributed by atoms with van der Waals surface area (Å²) in [5.41, 5.74) is 0.374. The van der Waals surface area contributed by atoms with E-state index in [1.807, 2.05) is 0 Å². The lowest BCUT2D eigenvalue weighted by molar-refractivity contribution is -0.0597. The van der Waals surface area contributed by atoms with Gasteiger partial charge in [-0.1, -0.05) is 48.5 Å². The van der Waals surface area contributed by atoms with Gasteiger partial charge in [-0.15, -0.1) is 0 Å². The fourth-order valence-electron chi connectivity index (χ4n) is 2.11. The van der Waals surface area contributed by atoms with E-state index in [1.165, 1.54) is 0 Å². The molecule has 0 aromatic carbocycles. The van der Waals surface area contributed by atoms with Crippen LogP contribution in [0.3, 0.4) is 0 Å². The summed E-state index contributed by atoms with van der Waals surface area (Å²) in [7, 11) is 0. The van der Waals surface area contributed by atoms with Gasteiger partial charge in [-0.05, 0) is 24.3 Å². The predicted octanol–water partition coefficient (Wildman–Crippen LogP) is 3.46. The second-order valence-corrected chi connectivity index (χ2v) is 6.64. The fourth-order valence-corrected chi connectivity index (χ4v) is 2.11. The summed E-state index contributed by atoms with van der Waals surface area (Å²) in [5, 5.41) is 3.59. The van der Waals surface area contributed by atoms with Crippen LogP contribution in [-0.4, -0.2) is 25.3 Å². The van der Waals surface area contributed by atoms with E-state index in [4.69, 9.17) is 4.74 Å². The van der Waals surface area contributed by atoms with Crippen molar-refractivity contribution in [3.05, 3.63) is 0 Å². The second-order valence-electron chi connectivity index (χ2n) is 6.64. The van der Waals surface area contributed by atoms with E-state index in [-0.39, 0.29) is 16.9 Å². The third-order valence-electron chi connectivity index (χ3n) is 2.86. The molecule has 16 heavy (non-hydrogen) atoms. The van der Waals surface area contributed by atoms with Crippen molar-refractivity contribution in [1.29, 1.82) is 0 Å². The third-order valence-corrected chi connectivity index (χ3v) is 2.86. The van der Waals surface area contributed by atoms with E-state index in [0.717, 1.165) is 13.2 Å². The van der Waals surface area contributed by atoms with Crippen molar-refractivity contribution >= 4 is 0 Å². The van der Waals surface area contributed by atoms with Crippen LogP contribution in [0.4, 0.5) is 0 Å². The molecule has 2 heteroatoms. The summed E-state index contributed by atoms with van der Waals surface area (Å²) < 4.78 is 5.99. The van der Waals surface area contributed by atoms with E-state index in [2.05, 4.69) is 60.7 Å². The summed E-state index contributed by atoms with van der Waals surface area (Å²) in [5.74, 6) is 0. The first-order chi connectivity index (χ1) is 7.14. The zero-order valence-corrected chi connectivity index (χ0v) is 12.5. The van der Waals surface area contributed by atoms with Crippen LogP contribution in [0.1, 0.15) is 55.4 Å². The highest BCUT2D eigenvalue weighted by Crippen LogP contribution is 2.33. The van der Waals surface area contributed by atoms with Gasteiger partial charge in [0, 0.05) is 12.6 Å². The summed E-state index contributed by atoms with van der Waals surface area (Å²) in [6.45, 7) is 19.6.